The Bertz CT molecular complexity index is 972. The first-order chi connectivity index (χ1) is 11.2. The molecule has 4 heteroatoms. The van der Waals surface area contributed by atoms with Crippen LogP contribution in [-0.4, -0.2) is 17.4 Å². The van der Waals surface area contributed by atoms with Crippen molar-refractivity contribution in [2.45, 2.75) is 18.9 Å². The van der Waals surface area contributed by atoms with Gasteiger partial charge in [-0.15, -0.1) is 0 Å². The lowest BCUT2D eigenvalue weighted by molar-refractivity contribution is -0.713. The van der Waals surface area contributed by atoms with E-state index in [4.69, 9.17) is 0 Å². The van der Waals surface area contributed by atoms with E-state index in [1.165, 1.54) is 16.5 Å². The molecule has 0 aliphatic carbocycles. The van der Waals surface area contributed by atoms with Gasteiger partial charge in [0.05, 0.1) is 23.5 Å². The number of hydrogen-bond acceptors (Lipinski definition) is 1. The number of fused-ring (bicyclic) bond motifs is 6. The number of aromatic nitrogens is 1. The average molecular weight is 304 g/mol. The lowest BCUT2D eigenvalue weighted by Crippen LogP contribution is -2.98. The molecule has 0 unspecified atom stereocenters. The molecule has 4 N–H and O–H groups in total. The van der Waals surface area contributed by atoms with Gasteiger partial charge in [0.15, 0.2) is 0 Å². The molecule has 3 aromatic rings. The van der Waals surface area contributed by atoms with Crippen LogP contribution in [0, 0.1) is 6.92 Å². The van der Waals surface area contributed by atoms with E-state index in [1.54, 1.807) is 0 Å². The summed E-state index contributed by atoms with van der Waals surface area (Å²) in [7, 11) is 0. The number of H-pyrrole nitrogens is 1. The number of nitrogens with one attached hydrogen (secondary N) is 2. The minimum absolute atomic E-state index is 0.0583. The van der Waals surface area contributed by atoms with Crippen LogP contribution < -0.4 is 10.6 Å². The lowest BCUT2D eigenvalue weighted by atomic mass is 9.82. The fourth-order valence-electron chi connectivity index (χ4n) is 4.22. The van der Waals surface area contributed by atoms with Gasteiger partial charge in [0.2, 0.25) is 5.54 Å². The van der Waals surface area contributed by atoms with Crippen LogP contribution in [0.15, 0.2) is 42.5 Å². The molecule has 114 valence electrons. The van der Waals surface area contributed by atoms with E-state index in [0.717, 1.165) is 35.4 Å². The van der Waals surface area contributed by atoms with Crippen LogP contribution in [0.4, 0.5) is 5.69 Å². The Balaban J connectivity index is 1.86. The van der Waals surface area contributed by atoms with Gasteiger partial charge in [-0.2, -0.15) is 0 Å². The third kappa shape index (κ3) is 1.51. The summed E-state index contributed by atoms with van der Waals surface area (Å²) in [4.78, 5) is 16.5. The lowest BCUT2D eigenvalue weighted by Gasteiger charge is -2.29. The topological polar surface area (TPSA) is 61.5 Å². The van der Waals surface area contributed by atoms with Gasteiger partial charge in [0, 0.05) is 17.3 Å². The van der Waals surface area contributed by atoms with E-state index in [0.29, 0.717) is 0 Å². The minimum Gasteiger partial charge on any atom is -0.352 e. The Hall–Kier alpha value is -2.59. The molecule has 0 bridgehead atoms. The highest BCUT2D eigenvalue weighted by molar-refractivity contribution is 6.08. The molecular weight excluding hydrogens is 286 g/mol. The van der Waals surface area contributed by atoms with Gasteiger partial charge in [-0.25, -0.2) is 0 Å². The quantitative estimate of drug-likeness (QED) is 0.582. The zero-order valence-corrected chi connectivity index (χ0v) is 12.9. The van der Waals surface area contributed by atoms with Gasteiger partial charge in [-0.1, -0.05) is 23.8 Å². The van der Waals surface area contributed by atoms with Gasteiger partial charge < -0.3 is 15.6 Å². The molecule has 2 aliphatic heterocycles. The first-order valence-corrected chi connectivity index (χ1v) is 8.07. The highest BCUT2D eigenvalue weighted by atomic mass is 16.2. The van der Waals surface area contributed by atoms with E-state index < -0.39 is 5.54 Å². The molecule has 0 fully saturated rings. The summed E-state index contributed by atoms with van der Waals surface area (Å²) in [5.41, 5.74) is 6.03. The second-order valence-corrected chi connectivity index (χ2v) is 6.58. The second kappa shape index (κ2) is 4.24. The summed E-state index contributed by atoms with van der Waals surface area (Å²) in [6.45, 7) is 3.02. The Kier molecular flexibility index (Phi) is 2.38. The summed E-state index contributed by atoms with van der Waals surface area (Å²) in [6.07, 6.45) is 0.982. The second-order valence-electron chi connectivity index (χ2n) is 6.58. The predicted octanol–water partition coefficient (Wildman–Crippen LogP) is 1.79. The van der Waals surface area contributed by atoms with E-state index >= 15 is 0 Å². The van der Waals surface area contributed by atoms with Crippen LogP contribution in [0.5, 0.6) is 0 Å². The molecule has 1 amide bonds. The normalized spacial score (nSPS) is 22.2. The average Bonchev–Trinajstić information content (AvgIpc) is 3.06. The summed E-state index contributed by atoms with van der Waals surface area (Å²) in [5.74, 6) is 0.0583. The number of amides is 1. The number of aryl methyl sites for hydroxylation is 1. The number of anilines is 1. The van der Waals surface area contributed by atoms with Gasteiger partial charge in [0.1, 0.15) is 0 Å². The molecule has 0 saturated carbocycles. The van der Waals surface area contributed by atoms with E-state index in [9.17, 15) is 4.79 Å². The molecule has 4 nitrogen and oxygen atoms in total. The molecule has 2 aliphatic rings. The zero-order valence-electron chi connectivity index (χ0n) is 12.9. The number of quaternary nitrogens is 1. The van der Waals surface area contributed by atoms with Crippen molar-refractivity contribution in [2.75, 3.05) is 11.9 Å². The zero-order chi connectivity index (χ0) is 15.6. The Morgan fingerprint density at radius 1 is 1.17 bits per heavy atom. The van der Waals surface area contributed by atoms with Gasteiger partial charge >= 0.3 is 0 Å². The van der Waals surface area contributed by atoms with Crippen molar-refractivity contribution in [3.63, 3.8) is 0 Å². The Morgan fingerprint density at radius 2 is 2.04 bits per heavy atom. The highest BCUT2D eigenvalue weighted by Crippen LogP contribution is 2.42. The number of carbonyl (C=O) groups excluding carboxylic acids is 1. The van der Waals surface area contributed by atoms with Crippen molar-refractivity contribution in [1.29, 1.82) is 0 Å². The molecule has 1 aromatic heterocycles. The summed E-state index contributed by atoms with van der Waals surface area (Å²) in [6, 6.07) is 14.5. The SMILES string of the molecule is Cc1ccc2[nH]c3c(c2c1)CC[NH2+][C@@]31C(=O)Nc2ccccc21. The number of rotatable bonds is 0. The molecule has 0 saturated heterocycles. The van der Waals surface area contributed by atoms with Crippen LogP contribution in [0.3, 0.4) is 0 Å². The van der Waals surface area contributed by atoms with Gasteiger partial charge in [-0.05, 0) is 36.8 Å². The maximum Gasteiger partial charge on any atom is 0.297 e. The number of nitrogens with two attached hydrogens (primary N) is 1. The van der Waals surface area contributed by atoms with Crippen LogP contribution in [0.25, 0.3) is 10.9 Å². The third-order valence-corrected chi connectivity index (χ3v) is 5.26. The van der Waals surface area contributed by atoms with Crippen molar-refractivity contribution in [3.8, 4) is 0 Å². The fraction of sp³-hybridized carbons (Fsp3) is 0.211. The minimum atomic E-state index is -0.670. The number of para-hydroxylation sites is 1. The molecule has 0 radical (unpaired) electrons. The summed E-state index contributed by atoms with van der Waals surface area (Å²) < 4.78 is 0. The van der Waals surface area contributed by atoms with Crippen LogP contribution in [0.2, 0.25) is 0 Å². The Morgan fingerprint density at radius 3 is 2.96 bits per heavy atom. The molecule has 3 heterocycles. The van der Waals surface area contributed by atoms with Crippen molar-refractivity contribution in [3.05, 3.63) is 64.8 Å². The van der Waals surface area contributed by atoms with Crippen LogP contribution in [0.1, 0.15) is 22.4 Å². The monoisotopic (exact) mass is 304 g/mol. The van der Waals surface area contributed by atoms with Crippen molar-refractivity contribution >= 4 is 22.5 Å². The van der Waals surface area contributed by atoms with E-state index in [2.05, 4.69) is 46.8 Å². The van der Waals surface area contributed by atoms with Crippen molar-refractivity contribution < 1.29 is 10.1 Å². The first-order valence-electron chi connectivity index (χ1n) is 8.07. The molecule has 23 heavy (non-hydrogen) atoms. The number of benzene rings is 2. The fourth-order valence-corrected chi connectivity index (χ4v) is 4.22. The summed E-state index contributed by atoms with van der Waals surface area (Å²) in [5, 5.41) is 6.50. The maximum absolute atomic E-state index is 13.0. The summed E-state index contributed by atoms with van der Waals surface area (Å²) >= 11 is 0. The third-order valence-electron chi connectivity index (χ3n) is 5.26. The smallest absolute Gasteiger partial charge is 0.297 e. The van der Waals surface area contributed by atoms with E-state index in [-0.39, 0.29) is 5.91 Å². The maximum atomic E-state index is 13.0. The van der Waals surface area contributed by atoms with Crippen molar-refractivity contribution in [2.24, 2.45) is 0 Å². The van der Waals surface area contributed by atoms with E-state index in [1.807, 2.05) is 18.2 Å². The van der Waals surface area contributed by atoms with Gasteiger partial charge in [-0.3, -0.25) is 4.79 Å². The van der Waals surface area contributed by atoms with Gasteiger partial charge in [0.25, 0.3) is 5.91 Å². The molecule has 1 spiro atoms. The number of carbonyl (C=O) groups is 1. The molecule has 1 atom stereocenters. The number of hydrogen-bond donors (Lipinski definition) is 3. The predicted molar refractivity (Wildman–Crippen MR) is 89.4 cm³/mol. The van der Waals surface area contributed by atoms with Crippen molar-refractivity contribution in [1.82, 2.24) is 4.98 Å². The highest BCUT2D eigenvalue weighted by Gasteiger charge is 2.55. The first kappa shape index (κ1) is 12.9. The molecule has 2 aromatic carbocycles. The van der Waals surface area contributed by atoms with Crippen LogP contribution >= 0.6 is 0 Å². The molecular formula is C19H18N3O+. The molecule has 5 rings (SSSR count). The Labute approximate surface area is 133 Å². The largest absolute Gasteiger partial charge is 0.352 e. The number of aromatic amines is 1. The standard InChI is InChI=1S/C19H17N3O/c1-11-6-7-15-13(10-11)12-8-9-20-19(17(12)21-15)14-4-2-3-5-16(14)22-18(19)23/h2-7,10,20-21H,8-9H2,1H3,(H,22,23)/p+1/t19-/m1/s1. The van der Waals surface area contributed by atoms with Crippen LogP contribution in [-0.2, 0) is 16.8 Å².